The molecule has 2 aromatic carbocycles. The van der Waals surface area contributed by atoms with Gasteiger partial charge in [-0.25, -0.2) is 14.4 Å². The molecule has 1 amide bonds. The number of nitrogens with zero attached hydrogens (tertiary/aromatic N) is 5. The molecule has 2 heterocycles. The SMILES string of the molecule is CC(C)N(C(=O)c1cc2c(cc1F)nc(N)c1cncn12)[C@@H]1CCc2cc(C#N)ccc21. The van der Waals surface area contributed by atoms with E-state index in [9.17, 15) is 10.1 Å². The van der Waals surface area contributed by atoms with E-state index < -0.39 is 5.82 Å². The van der Waals surface area contributed by atoms with Gasteiger partial charge >= 0.3 is 0 Å². The number of hydrogen-bond acceptors (Lipinski definition) is 5. The minimum atomic E-state index is -0.641. The summed E-state index contributed by atoms with van der Waals surface area (Å²) in [5, 5.41) is 9.19. The molecule has 160 valence electrons. The number of nitriles is 1. The maximum absolute atomic E-state index is 15.1. The Morgan fingerprint density at radius 1 is 1.31 bits per heavy atom. The zero-order valence-corrected chi connectivity index (χ0v) is 17.7. The van der Waals surface area contributed by atoms with Crippen molar-refractivity contribution in [1.82, 2.24) is 19.3 Å². The van der Waals surface area contributed by atoms with Gasteiger partial charge in [-0.1, -0.05) is 6.07 Å². The second-order valence-corrected chi connectivity index (χ2v) is 8.35. The normalized spacial score (nSPS) is 15.3. The number of nitrogen functional groups attached to an aromatic ring is 1. The van der Waals surface area contributed by atoms with Crippen LogP contribution in [0.5, 0.6) is 0 Å². The Balaban J connectivity index is 1.61. The van der Waals surface area contributed by atoms with E-state index in [4.69, 9.17) is 5.73 Å². The van der Waals surface area contributed by atoms with Crippen molar-refractivity contribution in [3.05, 3.63) is 70.9 Å². The standard InChI is InChI=1S/C24H21FN6O/c1-13(2)31(20-6-4-15-7-14(10-26)3-5-16(15)20)24(32)17-8-21-19(9-18(17)25)29-23(27)22-11-28-12-30(21)22/h3,5,7-9,11-13,20H,4,6H2,1-2H3,(H2,27,29)/t20-/m1/s1. The van der Waals surface area contributed by atoms with Gasteiger partial charge in [-0.2, -0.15) is 5.26 Å². The molecule has 2 aromatic heterocycles. The number of benzene rings is 2. The number of aryl methyl sites for hydroxylation is 1. The number of carbonyl (C=O) groups excluding carboxylic acids is 1. The minimum Gasteiger partial charge on any atom is -0.382 e. The molecule has 0 saturated carbocycles. The van der Waals surface area contributed by atoms with Crippen molar-refractivity contribution in [2.24, 2.45) is 0 Å². The first kappa shape index (κ1) is 19.9. The summed E-state index contributed by atoms with van der Waals surface area (Å²) in [4.78, 5) is 23.8. The van der Waals surface area contributed by atoms with E-state index in [1.165, 1.54) is 12.1 Å². The van der Waals surface area contributed by atoms with Gasteiger partial charge in [0.25, 0.3) is 5.91 Å². The first-order valence-electron chi connectivity index (χ1n) is 10.5. The van der Waals surface area contributed by atoms with Gasteiger partial charge in [-0.15, -0.1) is 0 Å². The summed E-state index contributed by atoms with van der Waals surface area (Å²) >= 11 is 0. The highest BCUT2D eigenvalue weighted by molar-refractivity contribution is 5.99. The summed E-state index contributed by atoms with van der Waals surface area (Å²) in [6, 6.07) is 10.2. The van der Waals surface area contributed by atoms with Gasteiger partial charge in [0.05, 0.1) is 46.8 Å². The number of halogens is 1. The van der Waals surface area contributed by atoms with Crippen molar-refractivity contribution in [3.63, 3.8) is 0 Å². The third kappa shape index (κ3) is 2.97. The zero-order chi connectivity index (χ0) is 22.6. The molecule has 8 heteroatoms. The molecule has 5 rings (SSSR count). The lowest BCUT2D eigenvalue weighted by Crippen LogP contribution is -2.39. The van der Waals surface area contributed by atoms with Crippen LogP contribution in [-0.2, 0) is 6.42 Å². The second-order valence-electron chi connectivity index (χ2n) is 8.35. The maximum Gasteiger partial charge on any atom is 0.257 e. The van der Waals surface area contributed by atoms with E-state index in [1.54, 1.807) is 27.9 Å². The van der Waals surface area contributed by atoms with Crippen LogP contribution in [0.15, 0.2) is 42.9 Å². The predicted octanol–water partition coefficient (Wildman–Crippen LogP) is 4.01. The number of amides is 1. The summed E-state index contributed by atoms with van der Waals surface area (Å²) in [5.41, 5.74) is 10.1. The molecule has 0 fully saturated rings. The third-order valence-corrected chi connectivity index (χ3v) is 6.14. The molecule has 4 aromatic rings. The topological polar surface area (TPSA) is 100 Å². The first-order chi connectivity index (χ1) is 15.4. The number of rotatable bonds is 3. The van der Waals surface area contributed by atoms with E-state index in [2.05, 4.69) is 16.0 Å². The van der Waals surface area contributed by atoms with E-state index in [-0.39, 0.29) is 29.4 Å². The molecule has 1 aliphatic rings. The third-order valence-electron chi connectivity index (χ3n) is 6.14. The van der Waals surface area contributed by atoms with Gasteiger partial charge in [0, 0.05) is 12.1 Å². The lowest BCUT2D eigenvalue weighted by Gasteiger charge is -2.33. The lowest BCUT2D eigenvalue weighted by atomic mass is 10.0. The zero-order valence-electron chi connectivity index (χ0n) is 17.7. The fourth-order valence-electron chi connectivity index (χ4n) is 4.69. The van der Waals surface area contributed by atoms with Crippen molar-refractivity contribution in [2.75, 3.05) is 5.73 Å². The number of anilines is 1. The van der Waals surface area contributed by atoms with Crippen molar-refractivity contribution in [2.45, 2.75) is 38.8 Å². The predicted molar refractivity (Wildman–Crippen MR) is 118 cm³/mol. The average molecular weight is 428 g/mol. The Labute approximate surface area is 183 Å². The van der Waals surface area contributed by atoms with Gasteiger partial charge in [0.15, 0.2) is 0 Å². The molecular formula is C24H21FN6O. The quantitative estimate of drug-likeness (QED) is 0.531. The Bertz CT molecular complexity index is 1430. The van der Waals surface area contributed by atoms with Crippen molar-refractivity contribution < 1.29 is 9.18 Å². The largest absolute Gasteiger partial charge is 0.382 e. The van der Waals surface area contributed by atoms with Crippen LogP contribution < -0.4 is 5.73 Å². The monoisotopic (exact) mass is 428 g/mol. The van der Waals surface area contributed by atoms with E-state index in [0.717, 1.165) is 24.0 Å². The van der Waals surface area contributed by atoms with Gasteiger partial charge < -0.3 is 10.6 Å². The minimum absolute atomic E-state index is 0.0186. The van der Waals surface area contributed by atoms with Crippen LogP contribution in [0.1, 0.15) is 53.4 Å². The summed E-state index contributed by atoms with van der Waals surface area (Å²) in [6.45, 7) is 3.85. The van der Waals surface area contributed by atoms with Gasteiger partial charge in [0.2, 0.25) is 0 Å². The highest BCUT2D eigenvalue weighted by atomic mass is 19.1. The van der Waals surface area contributed by atoms with Gasteiger partial charge in [-0.05, 0) is 56.0 Å². The fourth-order valence-corrected chi connectivity index (χ4v) is 4.69. The van der Waals surface area contributed by atoms with Gasteiger partial charge in [0.1, 0.15) is 17.2 Å². The molecule has 32 heavy (non-hydrogen) atoms. The molecule has 7 nitrogen and oxygen atoms in total. The van der Waals surface area contributed by atoms with Crippen LogP contribution in [0.2, 0.25) is 0 Å². The lowest BCUT2D eigenvalue weighted by molar-refractivity contribution is 0.0601. The van der Waals surface area contributed by atoms with Crippen LogP contribution in [0.4, 0.5) is 10.2 Å². The van der Waals surface area contributed by atoms with E-state index in [1.807, 2.05) is 26.0 Å². The number of fused-ring (bicyclic) bond motifs is 4. The molecule has 0 radical (unpaired) electrons. The van der Waals surface area contributed by atoms with Gasteiger partial charge in [-0.3, -0.25) is 9.20 Å². The average Bonchev–Trinajstić information content (AvgIpc) is 3.41. The Kier molecular flexibility index (Phi) is 4.55. The molecule has 0 unspecified atom stereocenters. The summed E-state index contributed by atoms with van der Waals surface area (Å²) in [6.07, 6.45) is 4.65. The Morgan fingerprint density at radius 3 is 2.88 bits per heavy atom. The highest BCUT2D eigenvalue weighted by Crippen LogP contribution is 2.38. The molecule has 0 saturated heterocycles. The molecule has 0 aliphatic heterocycles. The van der Waals surface area contributed by atoms with E-state index >= 15 is 4.39 Å². The van der Waals surface area contributed by atoms with Crippen LogP contribution >= 0.6 is 0 Å². The maximum atomic E-state index is 15.1. The Morgan fingerprint density at radius 2 is 2.12 bits per heavy atom. The second kappa shape index (κ2) is 7.31. The van der Waals surface area contributed by atoms with Crippen molar-refractivity contribution in [3.8, 4) is 6.07 Å². The van der Waals surface area contributed by atoms with E-state index in [0.29, 0.717) is 22.1 Å². The molecule has 1 atom stereocenters. The molecule has 0 spiro atoms. The van der Waals surface area contributed by atoms with Crippen LogP contribution in [0.25, 0.3) is 16.6 Å². The number of aromatic nitrogens is 3. The summed E-state index contributed by atoms with van der Waals surface area (Å²) in [5.74, 6) is -0.777. The number of imidazole rings is 1. The molecular weight excluding hydrogens is 407 g/mol. The number of hydrogen-bond donors (Lipinski definition) is 1. The van der Waals surface area contributed by atoms with Crippen molar-refractivity contribution in [1.29, 1.82) is 5.26 Å². The molecule has 2 N–H and O–H groups in total. The van der Waals surface area contributed by atoms with Crippen LogP contribution in [0.3, 0.4) is 0 Å². The Hall–Kier alpha value is -3.99. The van der Waals surface area contributed by atoms with Crippen molar-refractivity contribution >= 4 is 28.3 Å². The summed E-state index contributed by atoms with van der Waals surface area (Å²) in [7, 11) is 0. The molecule has 0 bridgehead atoms. The smallest absolute Gasteiger partial charge is 0.257 e. The number of nitrogens with two attached hydrogens (primary N) is 1. The first-order valence-corrected chi connectivity index (χ1v) is 10.5. The molecule has 1 aliphatic carbocycles. The number of carbonyl (C=O) groups is 1. The summed E-state index contributed by atoms with van der Waals surface area (Å²) < 4.78 is 16.9. The van der Waals surface area contributed by atoms with Crippen LogP contribution in [-0.4, -0.2) is 31.2 Å². The highest BCUT2D eigenvalue weighted by Gasteiger charge is 2.34. The van der Waals surface area contributed by atoms with Crippen LogP contribution in [0, 0.1) is 17.1 Å². The fraction of sp³-hybridized carbons (Fsp3) is 0.250.